The first kappa shape index (κ1) is 16.9. The summed E-state index contributed by atoms with van der Waals surface area (Å²) >= 11 is 5.89. The molecule has 0 unspecified atom stereocenters. The Balaban J connectivity index is 1.86. The Morgan fingerprint density at radius 1 is 1.18 bits per heavy atom. The Bertz CT molecular complexity index is 624. The van der Waals surface area contributed by atoms with Crippen molar-refractivity contribution in [3.05, 3.63) is 29.3 Å². The van der Waals surface area contributed by atoms with E-state index < -0.39 is 10.0 Å². The summed E-state index contributed by atoms with van der Waals surface area (Å²) in [6, 6.07) is 7.71. The van der Waals surface area contributed by atoms with Crippen LogP contribution in [0, 0.1) is 0 Å². The highest BCUT2D eigenvalue weighted by molar-refractivity contribution is 7.89. The van der Waals surface area contributed by atoms with E-state index in [0.29, 0.717) is 11.0 Å². The molecular weight excluding hydrogens is 326 g/mol. The van der Waals surface area contributed by atoms with Gasteiger partial charge < -0.3 is 15.5 Å². The molecule has 1 aromatic carbocycles. The van der Waals surface area contributed by atoms with Gasteiger partial charge in [-0.25, -0.2) is 13.6 Å². The van der Waals surface area contributed by atoms with Crippen LogP contribution in [0.15, 0.2) is 29.3 Å². The van der Waals surface area contributed by atoms with Crippen molar-refractivity contribution >= 4 is 33.3 Å². The minimum atomic E-state index is -3.50. The maximum Gasteiger partial charge on any atom is 0.210 e. The van der Waals surface area contributed by atoms with Gasteiger partial charge in [0.25, 0.3) is 0 Å². The number of benzene rings is 1. The van der Waals surface area contributed by atoms with Gasteiger partial charge in [0, 0.05) is 36.9 Å². The van der Waals surface area contributed by atoms with Gasteiger partial charge in [-0.05, 0) is 24.3 Å². The number of halogens is 1. The minimum absolute atomic E-state index is 0.0854. The lowest BCUT2D eigenvalue weighted by atomic mass is 10.2. The normalized spacial score (nSPS) is 16.9. The Morgan fingerprint density at radius 2 is 1.77 bits per heavy atom. The Hall–Kier alpha value is -1.51. The lowest BCUT2D eigenvalue weighted by Crippen LogP contribution is -2.51. The quantitative estimate of drug-likeness (QED) is 0.593. The van der Waals surface area contributed by atoms with Crippen LogP contribution in [-0.2, 0) is 10.0 Å². The number of nitrogens with zero attached hydrogens (tertiary/aromatic N) is 3. The van der Waals surface area contributed by atoms with Crippen LogP contribution in [-0.4, -0.2) is 57.8 Å². The highest BCUT2D eigenvalue weighted by atomic mass is 35.5. The molecule has 1 aromatic rings. The van der Waals surface area contributed by atoms with E-state index >= 15 is 0 Å². The van der Waals surface area contributed by atoms with Crippen molar-refractivity contribution in [1.82, 2.24) is 4.90 Å². The highest BCUT2D eigenvalue weighted by Crippen LogP contribution is 2.19. The van der Waals surface area contributed by atoms with Crippen LogP contribution >= 0.6 is 11.6 Å². The molecule has 9 heteroatoms. The molecule has 4 N–H and O–H groups in total. The number of guanidine groups is 1. The smallest absolute Gasteiger partial charge is 0.210 e. The maximum absolute atomic E-state index is 10.9. The average Bonchev–Trinajstić information content (AvgIpc) is 2.47. The van der Waals surface area contributed by atoms with Gasteiger partial charge in [-0.1, -0.05) is 11.6 Å². The Morgan fingerprint density at radius 3 is 2.32 bits per heavy atom. The molecule has 0 radical (unpaired) electrons. The molecule has 0 bridgehead atoms. The van der Waals surface area contributed by atoms with Crippen LogP contribution in [0.3, 0.4) is 0 Å². The molecule has 22 heavy (non-hydrogen) atoms. The van der Waals surface area contributed by atoms with Crippen LogP contribution < -0.4 is 15.8 Å². The first-order valence-electron chi connectivity index (χ1n) is 6.91. The van der Waals surface area contributed by atoms with Crippen molar-refractivity contribution in [3.8, 4) is 0 Å². The molecular formula is C13H20ClN5O2S. The van der Waals surface area contributed by atoms with E-state index in [0.717, 1.165) is 31.9 Å². The van der Waals surface area contributed by atoms with Crippen LogP contribution in [0.4, 0.5) is 5.69 Å². The van der Waals surface area contributed by atoms with Crippen LogP contribution in [0.2, 0.25) is 5.02 Å². The number of rotatable bonds is 4. The lowest BCUT2D eigenvalue weighted by molar-refractivity contribution is 0.381. The fraction of sp³-hybridized carbons (Fsp3) is 0.462. The largest absolute Gasteiger partial charge is 0.370 e. The lowest BCUT2D eigenvalue weighted by Gasteiger charge is -2.36. The zero-order chi connectivity index (χ0) is 16.2. The molecule has 0 saturated carbocycles. The molecule has 1 aliphatic heterocycles. The SMILES string of the molecule is NC(=NCCS(N)(=O)=O)N1CCN(c2ccc(Cl)cc2)CC1. The second-order valence-electron chi connectivity index (χ2n) is 5.06. The molecule has 0 atom stereocenters. The van der Waals surface area contributed by atoms with Crippen molar-refractivity contribution in [2.75, 3.05) is 43.4 Å². The third-order valence-electron chi connectivity index (χ3n) is 3.45. The summed E-state index contributed by atoms with van der Waals surface area (Å²) in [5.41, 5.74) is 7.01. The molecule has 1 fully saturated rings. The molecule has 122 valence electrons. The summed E-state index contributed by atoms with van der Waals surface area (Å²) < 4.78 is 21.7. The molecule has 0 aliphatic carbocycles. The summed E-state index contributed by atoms with van der Waals surface area (Å²) in [5.74, 6) is 0.165. The number of anilines is 1. The summed E-state index contributed by atoms with van der Waals surface area (Å²) in [5, 5.41) is 5.64. The minimum Gasteiger partial charge on any atom is -0.370 e. The highest BCUT2D eigenvalue weighted by Gasteiger charge is 2.18. The Labute approximate surface area is 135 Å². The predicted octanol–water partition coefficient (Wildman–Crippen LogP) is 0.0652. The zero-order valence-electron chi connectivity index (χ0n) is 12.2. The van der Waals surface area contributed by atoms with E-state index in [1.165, 1.54) is 0 Å². The fourth-order valence-electron chi connectivity index (χ4n) is 2.23. The van der Waals surface area contributed by atoms with E-state index in [1.807, 2.05) is 29.2 Å². The van der Waals surface area contributed by atoms with Gasteiger partial charge in [-0.3, -0.25) is 4.99 Å². The number of piperazine rings is 1. The zero-order valence-corrected chi connectivity index (χ0v) is 13.7. The maximum atomic E-state index is 10.9. The molecule has 7 nitrogen and oxygen atoms in total. The van der Waals surface area contributed by atoms with Crippen molar-refractivity contribution in [1.29, 1.82) is 0 Å². The van der Waals surface area contributed by atoms with Gasteiger partial charge in [-0.2, -0.15) is 0 Å². The number of primary sulfonamides is 1. The molecule has 1 heterocycles. The molecule has 0 aromatic heterocycles. The molecule has 1 saturated heterocycles. The van der Waals surface area contributed by atoms with Crippen molar-refractivity contribution in [2.24, 2.45) is 15.9 Å². The van der Waals surface area contributed by atoms with Gasteiger partial charge in [-0.15, -0.1) is 0 Å². The molecule has 0 amide bonds. The first-order valence-corrected chi connectivity index (χ1v) is 9.00. The number of hydrogen-bond acceptors (Lipinski definition) is 4. The fourth-order valence-corrected chi connectivity index (χ4v) is 2.70. The van der Waals surface area contributed by atoms with Gasteiger partial charge in [0.05, 0.1) is 12.3 Å². The summed E-state index contributed by atoms with van der Waals surface area (Å²) in [7, 11) is -3.50. The van der Waals surface area contributed by atoms with E-state index in [1.54, 1.807) is 0 Å². The van der Waals surface area contributed by atoms with Crippen LogP contribution in [0.5, 0.6) is 0 Å². The number of sulfonamides is 1. The predicted molar refractivity (Wildman–Crippen MR) is 89.7 cm³/mol. The van der Waals surface area contributed by atoms with Crippen LogP contribution in [0.25, 0.3) is 0 Å². The molecule has 1 aliphatic rings. The van der Waals surface area contributed by atoms with Crippen molar-refractivity contribution in [2.45, 2.75) is 0 Å². The molecule has 0 spiro atoms. The standard InChI is InChI=1S/C13H20ClN5O2S/c14-11-1-3-12(4-2-11)18-6-8-19(9-7-18)13(15)17-5-10-22(16,20)21/h1-4H,5-10H2,(H2,15,17)(H2,16,20,21). The third-order valence-corrected chi connectivity index (χ3v) is 4.45. The van der Waals surface area contributed by atoms with Gasteiger partial charge in [0.2, 0.25) is 10.0 Å². The second-order valence-corrected chi connectivity index (χ2v) is 7.23. The number of hydrogen-bond donors (Lipinski definition) is 2. The van der Waals surface area contributed by atoms with E-state index in [-0.39, 0.29) is 12.3 Å². The van der Waals surface area contributed by atoms with Crippen molar-refractivity contribution in [3.63, 3.8) is 0 Å². The van der Waals surface area contributed by atoms with E-state index in [2.05, 4.69) is 9.89 Å². The number of aliphatic imine (C=N–C) groups is 1. The summed E-state index contributed by atoms with van der Waals surface area (Å²) in [6.45, 7) is 3.17. The van der Waals surface area contributed by atoms with Gasteiger partial charge in [0.1, 0.15) is 0 Å². The monoisotopic (exact) mass is 345 g/mol. The number of nitrogens with two attached hydrogens (primary N) is 2. The molecule has 2 rings (SSSR count). The van der Waals surface area contributed by atoms with Gasteiger partial charge in [0.15, 0.2) is 5.96 Å². The summed E-state index contributed by atoms with van der Waals surface area (Å²) in [4.78, 5) is 8.25. The Kier molecular flexibility index (Phi) is 5.49. The van der Waals surface area contributed by atoms with Crippen LogP contribution in [0.1, 0.15) is 0 Å². The van der Waals surface area contributed by atoms with Crippen molar-refractivity contribution < 1.29 is 8.42 Å². The van der Waals surface area contributed by atoms with Gasteiger partial charge >= 0.3 is 0 Å². The first-order chi connectivity index (χ1) is 10.3. The third kappa shape index (κ3) is 5.04. The summed E-state index contributed by atoms with van der Waals surface area (Å²) in [6.07, 6.45) is 0. The van der Waals surface area contributed by atoms with E-state index in [4.69, 9.17) is 22.5 Å². The van der Waals surface area contributed by atoms with E-state index in [9.17, 15) is 8.42 Å². The topological polar surface area (TPSA) is 105 Å². The average molecular weight is 346 g/mol. The second kappa shape index (κ2) is 7.17.